The number of rotatable bonds is 9. The average Bonchev–Trinajstić information content (AvgIpc) is 3.46. The van der Waals surface area contributed by atoms with Gasteiger partial charge in [-0.1, -0.05) is 60.7 Å². The van der Waals surface area contributed by atoms with E-state index in [0.717, 1.165) is 59.1 Å². The maximum absolute atomic E-state index is 13.3. The largest absolute Gasteiger partial charge is 0.385 e. The molecule has 9 heteroatoms. The molecule has 0 radical (unpaired) electrons. The molecule has 1 aromatic heterocycles. The van der Waals surface area contributed by atoms with E-state index in [1.807, 2.05) is 72.9 Å². The van der Waals surface area contributed by atoms with Gasteiger partial charge in [-0.05, 0) is 79.0 Å². The molecule has 3 aromatic carbocycles. The number of nitrogens with two attached hydrogens (primary N) is 1. The summed E-state index contributed by atoms with van der Waals surface area (Å²) in [6, 6.07) is 23.7. The summed E-state index contributed by atoms with van der Waals surface area (Å²) < 4.78 is 28.1. The number of sulfonamides is 1. The Morgan fingerprint density at radius 1 is 0.930 bits per heavy atom. The van der Waals surface area contributed by atoms with Crippen molar-refractivity contribution >= 4 is 26.8 Å². The number of benzene rings is 3. The molecule has 2 saturated heterocycles. The Kier molecular flexibility index (Phi) is 8.42. The van der Waals surface area contributed by atoms with E-state index in [1.165, 1.54) is 0 Å². The third kappa shape index (κ3) is 6.26. The van der Waals surface area contributed by atoms with Crippen LogP contribution in [0.15, 0.2) is 79.0 Å². The highest BCUT2D eigenvalue weighted by Crippen LogP contribution is 2.37. The second-order valence-corrected chi connectivity index (χ2v) is 14.1. The van der Waals surface area contributed by atoms with E-state index in [1.54, 1.807) is 4.31 Å². The van der Waals surface area contributed by atoms with Gasteiger partial charge < -0.3 is 20.7 Å². The molecule has 0 spiro atoms. The highest BCUT2D eigenvalue weighted by atomic mass is 32.2. The highest BCUT2D eigenvalue weighted by molar-refractivity contribution is 7.89. The standard InChI is InChI=1S/C34H40N4O4S/c35-33(39)30-23-27(25-8-3-1-4-9-25)22-29-31(24-36-32(29)30)26-12-17-38(18-13-26)43(41,42)21-7-16-37-19-14-34(40,15-20-37)28-10-5-2-6-11-28/h1-6,8-11,22-24,26,36,40H,7,12-21H2,(H2,35,39). The topological polar surface area (TPSA) is 120 Å². The predicted octanol–water partition coefficient (Wildman–Crippen LogP) is 4.82. The van der Waals surface area contributed by atoms with Crippen molar-refractivity contribution in [3.05, 3.63) is 95.7 Å². The molecular weight excluding hydrogens is 560 g/mol. The quantitative estimate of drug-likeness (QED) is 0.255. The second kappa shape index (κ2) is 12.2. The summed E-state index contributed by atoms with van der Waals surface area (Å²) in [7, 11) is -3.36. The summed E-state index contributed by atoms with van der Waals surface area (Å²) in [5, 5.41) is 12.1. The van der Waals surface area contributed by atoms with Crippen LogP contribution >= 0.6 is 0 Å². The zero-order valence-corrected chi connectivity index (χ0v) is 25.2. The minimum atomic E-state index is -3.36. The molecule has 8 nitrogen and oxygen atoms in total. The van der Waals surface area contributed by atoms with Crippen LogP contribution in [-0.2, 0) is 15.6 Å². The van der Waals surface area contributed by atoms with Crippen LogP contribution in [-0.4, -0.2) is 72.1 Å². The van der Waals surface area contributed by atoms with Crippen molar-refractivity contribution in [3.63, 3.8) is 0 Å². The molecular formula is C34H40N4O4S. The number of nitrogens with one attached hydrogen (secondary N) is 1. The number of aromatic amines is 1. The average molecular weight is 601 g/mol. The first-order valence-electron chi connectivity index (χ1n) is 15.2. The molecule has 226 valence electrons. The fourth-order valence-corrected chi connectivity index (χ4v) is 8.33. The number of amides is 1. The SMILES string of the molecule is NC(=O)c1cc(-c2ccccc2)cc2c(C3CCN(S(=O)(=O)CCCN4CCC(O)(c5ccccc5)CC4)CC3)c[nH]c12. The third-order valence-electron chi connectivity index (χ3n) is 9.35. The Bertz CT molecular complexity index is 1670. The number of nitrogens with zero attached hydrogens (tertiary/aromatic N) is 2. The van der Waals surface area contributed by atoms with Crippen molar-refractivity contribution in [1.82, 2.24) is 14.2 Å². The fourth-order valence-electron chi connectivity index (χ4n) is 6.81. The van der Waals surface area contributed by atoms with Crippen molar-refractivity contribution in [3.8, 4) is 11.1 Å². The van der Waals surface area contributed by atoms with E-state index < -0.39 is 21.5 Å². The van der Waals surface area contributed by atoms with Crippen LogP contribution in [0.25, 0.3) is 22.0 Å². The first-order chi connectivity index (χ1) is 20.7. The summed E-state index contributed by atoms with van der Waals surface area (Å²) in [5.74, 6) is -0.163. The summed E-state index contributed by atoms with van der Waals surface area (Å²) in [6.45, 7) is 3.18. The summed E-state index contributed by atoms with van der Waals surface area (Å²) in [5.41, 5.74) is 10.2. The number of aliphatic hydroxyl groups is 1. The van der Waals surface area contributed by atoms with E-state index in [-0.39, 0.29) is 11.7 Å². The normalized spacial score (nSPS) is 18.6. The minimum absolute atomic E-state index is 0.132. The summed E-state index contributed by atoms with van der Waals surface area (Å²) in [4.78, 5) is 17.9. The second-order valence-electron chi connectivity index (χ2n) is 12.0. The lowest BCUT2D eigenvalue weighted by atomic mass is 9.84. The first-order valence-corrected chi connectivity index (χ1v) is 16.8. The summed E-state index contributed by atoms with van der Waals surface area (Å²) >= 11 is 0. The molecule has 6 rings (SSSR count). The lowest BCUT2D eigenvalue weighted by molar-refractivity contribution is -0.0257. The number of primary amides is 1. The lowest BCUT2D eigenvalue weighted by Crippen LogP contribution is -2.43. The van der Waals surface area contributed by atoms with Crippen LogP contribution in [0.5, 0.6) is 0 Å². The Morgan fingerprint density at radius 3 is 2.23 bits per heavy atom. The van der Waals surface area contributed by atoms with Crippen molar-refractivity contribution in [2.24, 2.45) is 5.73 Å². The predicted molar refractivity (Wildman–Crippen MR) is 170 cm³/mol. The summed E-state index contributed by atoms with van der Waals surface area (Å²) in [6.07, 6.45) is 5.28. The number of H-pyrrole nitrogens is 1. The van der Waals surface area contributed by atoms with Crippen molar-refractivity contribution < 1.29 is 18.3 Å². The Morgan fingerprint density at radius 2 is 1.58 bits per heavy atom. The van der Waals surface area contributed by atoms with Crippen LogP contribution in [0.2, 0.25) is 0 Å². The number of piperidine rings is 2. The Hall–Kier alpha value is -3.50. The molecule has 4 N–H and O–H groups in total. The van der Waals surface area contributed by atoms with Crippen molar-refractivity contribution in [1.29, 1.82) is 0 Å². The number of aromatic nitrogens is 1. The molecule has 0 bridgehead atoms. The van der Waals surface area contributed by atoms with Gasteiger partial charge in [0.2, 0.25) is 10.0 Å². The first kappa shape index (κ1) is 29.6. The molecule has 0 unspecified atom stereocenters. The number of likely N-dealkylation sites (tertiary alicyclic amines) is 1. The molecule has 0 saturated carbocycles. The third-order valence-corrected chi connectivity index (χ3v) is 11.3. The zero-order valence-electron chi connectivity index (χ0n) is 24.4. The molecule has 4 aromatic rings. The maximum Gasteiger partial charge on any atom is 0.250 e. The molecule has 1 amide bonds. The van der Waals surface area contributed by atoms with Gasteiger partial charge >= 0.3 is 0 Å². The lowest BCUT2D eigenvalue weighted by Gasteiger charge is -2.38. The van der Waals surface area contributed by atoms with E-state index in [9.17, 15) is 18.3 Å². The van der Waals surface area contributed by atoms with Crippen molar-refractivity contribution in [2.45, 2.75) is 43.6 Å². The van der Waals surface area contributed by atoms with Gasteiger partial charge in [0.15, 0.2) is 0 Å². The number of carbonyl (C=O) groups is 1. The fraction of sp³-hybridized carbons (Fsp3) is 0.382. The molecule has 2 aliphatic heterocycles. The van der Waals surface area contributed by atoms with E-state index in [4.69, 9.17) is 5.73 Å². The maximum atomic E-state index is 13.3. The van der Waals surface area contributed by atoms with Gasteiger partial charge in [-0.3, -0.25) is 4.79 Å². The molecule has 3 heterocycles. The molecule has 0 aliphatic carbocycles. The highest BCUT2D eigenvalue weighted by Gasteiger charge is 2.34. The smallest absolute Gasteiger partial charge is 0.250 e. The van der Waals surface area contributed by atoms with Crippen molar-refractivity contribution in [2.75, 3.05) is 38.5 Å². The number of hydrogen-bond donors (Lipinski definition) is 3. The Labute approximate surface area is 253 Å². The van der Waals surface area contributed by atoms with Gasteiger partial charge in [0.1, 0.15) is 0 Å². The van der Waals surface area contributed by atoms with Gasteiger partial charge in [-0.2, -0.15) is 0 Å². The number of carbonyl (C=O) groups excluding carboxylic acids is 1. The molecule has 43 heavy (non-hydrogen) atoms. The van der Waals surface area contributed by atoms with Gasteiger partial charge in [-0.15, -0.1) is 0 Å². The van der Waals surface area contributed by atoms with Crippen LogP contribution in [0, 0.1) is 0 Å². The monoisotopic (exact) mass is 600 g/mol. The van der Waals surface area contributed by atoms with Gasteiger partial charge in [-0.25, -0.2) is 12.7 Å². The van der Waals surface area contributed by atoms with Crippen LogP contribution in [0.4, 0.5) is 0 Å². The number of fused-ring (bicyclic) bond motifs is 1. The van der Waals surface area contributed by atoms with Gasteiger partial charge in [0, 0.05) is 37.8 Å². The zero-order chi connectivity index (χ0) is 30.0. The minimum Gasteiger partial charge on any atom is -0.385 e. The van der Waals surface area contributed by atoms with E-state index >= 15 is 0 Å². The van der Waals surface area contributed by atoms with Crippen LogP contribution in [0.3, 0.4) is 0 Å². The van der Waals surface area contributed by atoms with Gasteiger partial charge in [0.25, 0.3) is 5.91 Å². The molecule has 0 atom stereocenters. The Balaban J connectivity index is 1.05. The van der Waals surface area contributed by atoms with E-state index in [0.29, 0.717) is 44.5 Å². The molecule has 2 aliphatic rings. The van der Waals surface area contributed by atoms with E-state index in [2.05, 4.69) is 16.0 Å². The van der Waals surface area contributed by atoms with Crippen LogP contribution in [0.1, 0.15) is 59.5 Å². The number of hydrogen-bond acceptors (Lipinski definition) is 5. The molecule has 2 fully saturated rings. The van der Waals surface area contributed by atoms with Gasteiger partial charge in [0.05, 0.1) is 22.4 Å². The van der Waals surface area contributed by atoms with Crippen LogP contribution < -0.4 is 5.73 Å².